The fourth-order valence-electron chi connectivity index (χ4n) is 4.08. The first-order valence-corrected chi connectivity index (χ1v) is 9.05. The second-order valence-corrected chi connectivity index (χ2v) is 6.85. The smallest absolute Gasteiger partial charge is 0.0741 e. The van der Waals surface area contributed by atoms with Gasteiger partial charge < -0.3 is 0 Å². The van der Waals surface area contributed by atoms with Gasteiger partial charge in [-0.1, -0.05) is 84.9 Å². The molecule has 1 aliphatic rings. The summed E-state index contributed by atoms with van der Waals surface area (Å²) in [5, 5.41) is 0. The van der Waals surface area contributed by atoms with E-state index in [9.17, 15) is 0 Å². The molecule has 0 radical (unpaired) electrons. The largest absolute Gasteiger partial charge is 0.252 e. The molecule has 1 heterocycles. The van der Waals surface area contributed by atoms with E-state index in [1.165, 1.54) is 44.6 Å². The van der Waals surface area contributed by atoms with Crippen LogP contribution in [0.2, 0.25) is 0 Å². The van der Waals surface area contributed by atoms with E-state index in [2.05, 4.69) is 91.9 Å². The number of rotatable bonds is 2. The molecular formula is C25H19N. The number of pyridine rings is 1. The molecule has 0 saturated heterocycles. The highest BCUT2D eigenvalue weighted by Crippen LogP contribution is 2.45. The molecule has 0 unspecified atom stereocenters. The molecular weight excluding hydrogens is 314 g/mol. The second kappa shape index (κ2) is 5.96. The Labute approximate surface area is 154 Å². The van der Waals surface area contributed by atoms with Crippen LogP contribution in [0.15, 0.2) is 84.9 Å². The summed E-state index contributed by atoms with van der Waals surface area (Å²) in [4.78, 5) is 5.12. The van der Waals surface area contributed by atoms with Crippen molar-refractivity contribution >= 4 is 0 Å². The van der Waals surface area contributed by atoms with Crippen molar-refractivity contribution in [3.63, 3.8) is 0 Å². The molecule has 0 atom stereocenters. The maximum atomic E-state index is 5.12. The maximum absolute atomic E-state index is 5.12. The van der Waals surface area contributed by atoms with Crippen LogP contribution in [-0.4, -0.2) is 4.98 Å². The summed E-state index contributed by atoms with van der Waals surface area (Å²) in [7, 11) is 0. The predicted molar refractivity (Wildman–Crippen MR) is 108 cm³/mol. The first-order chi connectivity index (χ1) is 12.8. The van der Waals surface area contributed by atoms with Crippen LogP contribution in [0.5, 0.6) is 0 Å². The van der Waals surface area contributed by atoms with Gasteiger partial charge in [-0.2, -0.15) is 0 Å². The third-order valence-electron chi connectivity index (χ3n) is 5.27. The van der Waals surface area contributed by atoms with Crippen LogP contribution in [0.1, 0.15) is 16.8 Å². The number of hydrogen-bond acceptors (Lipinski definition) is 1. The fourth-order valence-corrected chi connectivity index (χ4v) is 4.08. The van der Waals surface area contributed by atoms with Gasteiger partial charge in [0.25, 0.3) is 0 Å². The molecule has 0 spiro atoms. The Bertz CT molecular complexity index is 1100. The van der Waals surface area contributed by atoms with Gasteiger partial charge in [0.15, 0.2) is 0 Å². The van der Waals surface area contributed by atoms with Crippen molar-refractivity contribution in [2.45, 2.75) is 13.3 Å². The average Bonchev–Trinajstić information content (AvgIpc) is 3.07. The van der Waals surface area contributed by atoms with Crippen molar-refractivity contribution in [3.8, 4) is 33.5 Å². The highest BCUT2D eigenvalue weighted by atomic mass is 14.7. The standard InChI is InChI=1S/C25H19N/c1-17-23(18-10-4-2-5-11-18)24-21-15-9-8-14-20(21)16-22(24)26-25(17)19-12-6-3-7-13-19/h2-15H,16H2,1H3. The molecule has 1 heteroatoms. The minimum Gasteiger partial charge on any atom is -0.252 e. The van der Waals surface area contributed by atoms with Crippen LogP contribution in [0.25, 0.3) is 33.5 Å². The van der Waals surface area contributed by atoms with Gasteiger partial charge >= 0.3 is 0 Å². The number of benzene rings is 3. The highest BCUT2D eigenvalue weighted by Gasteiger charge is 2.26. The van der Waals surface area contributed by atoms with Crippen LogP contribution in [0, 0.1) is 6.92 Å². The lowest BCUT2D eigenvalue weighted by atomic mass is 9.90. The molecule has 1 aromatic heterocycles. The molecule has 0 fully saturated rings. The van der Waals surface area contributed by atoms with E-state index in [1.54, 1.807) is 0 Å². The number of fused-ring (bicyclic) bond motifs is 3. The van der Waals surface area contributed by atoms with Crippen LogP contribution < -0.4 is 0 Å². The molecule has 3 aromatic carbocycles. The van der Waals surface area contributed by atoms with Gasteiger partial charge in [0.1, 0.15) is 0 Å². The van der Waals surface area contributed by atoms with E-state index in [1.807, 2.05) is 0 Å². The third-order valence-corrected chi connectivity index (χ3v) is 5.27. The minimum atomic E-state index is 0.908. The Balaban J connectivity index is 1.86. The van der Waals surface area contributed by atoms with Gasteiger partial charge in [-0.15, -0.1) is 0 Å². The van der Waals surface area contributed by atoms with Gasteiger partial charge in [-0.3, -0.25) is 4.98 Å². The summed E-state index contributed by atoms with van der Waals surface area (Å²) in [5.41, 5.74) is 11.3. The monoisotopic (exact) mass is 333 g/mol. The minimum absolute atomic E-state index is 0.908. The van der Waals surface area contributed by atoms with Crippen LogP contribution in [-0.2, 0) is 6.42 Å². The molecule has 0 bridgehead atoms. The summed E-state index contributed by atoms with van der Waals surface area (Å²) in [6, 6.07) is 30.0. The van der Waals surface area contributed by atoms with E-state index in [0.29, 0.717) is 0 Å². The fraction of sp³-hybridized carbons (Fsp3) is 0.0800. The van der Waals surface area contributed by atoms with E-state index < -0.39 is 0 Å². The lowest BCUT2D eigenvalue weighted by Crippen LogP contribution is -1.99. The first-order valence-electron chi connectivity index (χ1n) is 9.05. The normalized spacial score (nSPS) is 11.9. The maximum Gasteiger partial charge on any atom is 0.0741 e. The summed E-state index contributed by atoms with van der Waals surface area (Å²) < 4.78 is 0. The molecule has 4 aromatic rings. The lowest BCUT2D eigenvalue weighted by molar-refractivity contribution is 1.11. The molecule has 1 nitrogen and oxygen atoms in total. The predicted octanol–water partition coefficient (Wildman–Crippen LogP) is 6.30. The van der Waals surface area contributed by atoms with Crippen molar-refractivity contribution in [2.75, 3.05) is 0 Å². The van der Waals surface area contributed by atoms with Gasteiger partial charge in [0, 0.05) is 17.5 Å². The molecule has 0 saturated carbocycles. The number of aromatic nitrogens is 1. The van der Waals surface area contributed by atoms with Crippen molar-refractivity contribution in [2.24, 2.45) is 0 Å². The topological polar surface area (TPSA) is 12.9 Å². The van der Waals surface area contributed by atoms with Crippen LogP contribution in [0.4, 0.5) is 0 Å². The Hall–Kier alpha value is -3.19. The van der Waals surface area contributed by atoms with Crippen molar-refractivity contribution in [1.29, 1.82) is 0 Å². The van der Waals surface area contributed by atoms with E-state index in [0.717, 1.165) is 12.1 Å². The molecule has 5 rings (SSSR count). The molecule has 26 heavy (non-hydrogen) atoms. The van der Waals surface area contributed by atoms with Crippen molar-refractivity contribution in [3.05, 3.63) is 102 Å². The molecule has 0 aliphatic heterocycles. The zero-order valence-electron chi connectivity index (χ0n) is 14.7. The molecule has 1 aliphatic carbocycles. The Morgan fingerprint density at radius 2 is 1.27 bits per heavy atom. The summed E-state index contributed by atoms with van der Waals surface area (Å²) in [6.07, 6.45) is 0.908. The zero-order valence-corrected chi connectivity index (χ0v) is 14.7. The molecule has 124 valence electrons. The van der Waals surface area contributed by atoms with Gasteiger partial charge in [-0.05, 0) is 34.7 Å². The highest BCUT2D eigenvalue weighted by molar-refractivity contribution is 5.93. The lowest BCUT2D eigenvalue weighted by Gasteiger charge is -2.17. The Morgan fingerprint density at radius 1 is 0.654 bits per heavy atom. The van der Waals surface area contributed by atoms with Crippen molar-refractivity contribution < 1.29 is 0 Å². The van der Waals surface area contributed by atoms with Gasteiger partial charge in [-0.25, -0.2) is 0 Å². The summed E-state index contributed by atoms with van der Waals surface area (Å²) in [6.45, 7) is 2.21. The third kappa shape index (κ3) is 2.28. The molecule has 0 amide bonds. The van der Waals surface area contributed by atoms with Crippen LogP contribution >= 0.6 is 0 Å². The van der Waals surface area contributed by atoms with E-state index in [-0.39, 0.29) is 0 Å². The number of hydrogen-bond donors (Lipinski definition) is 0. The Kier molecular flexibility index (Phi) is 3.46. The SMILES string of the molecule is Cc1c(-c2ccccc2)nc2c(c1-c1ccccc1)-c1ccccc1C2. The number of nitrogens with zero attached hydrogens (tertiary/aromatic N) is 1. The summed E-state index contributed by atoms with van der Waals surface area (Å²) in [5.74, 6) is 0. The first kappa shape index (κ1) is 15.1. The average molecular weight is 333 g/mol. The van der Waals surface area contributed by atoms with Crippen LogP contribution in [0.3, 0.4) is 0 Å². The quantitative estimate of drug-likeness (QED) is 0.370. The van der Waals surface area contributed by atoms with E-state index >= 15 is 0 Å². The van der Waals surface area contributed by atoms with E-state index in [4.69, 9.17) is 4.98 Å². The second-order valence-electron chi connectivity index (χ2n) is 6.85. The van der Waals surface area contributed by atoms with Gasteiger partial charge in [0.2, 0.25) is 0 Å². The summed E-state index contributed by atoms with van der Waals surface area (Å²) >= 11 is 0. The Morgan fingerprint density at radius 3 is 2.00 bits per heavy atom. The zero-order chi connectivity index (χ0) is 17.5. The van der Waals surface area contributed by atoms with Crippen molar-refractivity contribution in [1.82, 2.24) is 4.98 Å². The van der Waals surface area contributed by atoms with Gasteiger partial charge in [0.05, 0.1) is 11.4 Å². The molecule has 0 N–H and O–H groups in total.